The van der Waals surface area contributed by atoms with Gasteiger partial charge in [-0.3, -0.25) is 4.79 Å². The zero-order valence-corrected chi connectivity index (χ0v) is 15.2. The van der Waals surface area contributed by atoms with Gasteiger partial charge in [-0.1, -0.05) is 30.3 Å². The summed E-state index contributed by atoms with van der Waals surface area (Å²) in [4.78, 5) is 28.0. The maximum atomic E-state index is 13.0. The fourth-order valence-electron chi connectivity index (χ4n) is 5.46. The van der Waals surface area contributed by atoms with Crippen molar-refractivity contribution < 1.29 is 19.6 Å². The molecule has 1 N–H and O–H groups in total. The number of nitrogens with one attached hydrogen (secondary N) is 1. The number of carbonyl (C=O) groups is 2. The van der Waals surface area contributed by atoms with Crippen LogP contribution in [0.5, 0.6) is 0 Å². The molecule has 26 heavy (non-hydrogen) atoms. The first kappa shape index (κ1) is 17.5. The summed E-state index contributed by atoms with van der Waals surface area (Å²) in [6.07, 6.45) is 3.91. The summed E-state index contributed by atoms with van der Waals surface area (Å²) in [5, 5.41) is 11.6. The van der Waals surface area contributed by atoms with E-state index in [-0.39, 0.29) is 23.7 Å². The smallest absolute Gasteiger partial charge is 0.227 e. The van der Waals surface area contributed by atoms with E-state index in [9.17, 15) is 14.7 Å². The van der Waals surface area contributed by atoms with Gasteiger partial charge in [-0.05, 0) is 36.7 Å². The van der Waals surface area contributed by atoms with Crippen molar-refractivity contribution in [1.29, 1.82) is 0 Å². The van der Waals surface area contributed by atoms with Crippen LogP contribution in [-0.2, 0) is 16.0 Å². The Bertz CT molecular complexity index is 654. The van der Waals surface area contributed by atoms with Gasteiger partial charge < -0.3 is 19.7 Å². The highest BCUT2D eigenvalue weighted by atomic mass is 16.4. The molecule has 0 spiro atoms. The van der Waals surface area contributed by atoms with E-state index in [1.165, 1.54) is 10.5 Å². The molecule has 2 bridgehead atoms. The number of benzene rings is 1. The van der Waals surface area contributed by atoms with Gasteiger partial charge in [0.1, 0.15) is 0 Å². The Morgan fingerprint density at radius 2 is 1.69 bits per heavy atom. The fourth-order valence-corrected chi connectivity index (χ4v) is 5.46. The largest absolute Gasteiger partial charge is 0.550 e. The number of amides is 1. The minimum atomic E-state index is -1.01. The molecule has 3 fully saturated rings. The lowest BCUT2D eigenvalue weighted by atomic mass is 9.78. The van der Waals surface area contributed by atoms with Crippen LogP contribution in [0.15, 0.2) is 30.3 Å². The SMILES string of the molecule is O=C([O-])[C@H]1[C@@H]2CC[C@H](C2)[C@H]1C(=O)N1CC[NH+](CCc2ccccc2)CC1. The molecule has 3 aliphatic rings. The van der Waals surface area contributed by atoms with Crippen LogP contribution in [0.4, 0.5) is 0 Å². The molecular formula is C21H28N2O3. The second kappa shape index (κ2) is 7.39. The third-order valence-electron chi connectivity index (χ3n) is 6.87. The zero-order chi connectivity index (χ0) is 18.1. The Hall–Kier alpha value is -1.88. The van der Waals surface area contributed by atoms with E-state index in [1.54, 1.807) is 0 Å². The molecule has 4 atom stereocenters. The highest BCUT2D eigenvalue weighted by Gasteiger charge is 2.52. The van der Waals surface area contributed by atoms with Crippen molar-refractivity contribution in [3.8, 4) is 0 Å². The molecular weight excluding hydrogens is 328 g/mol. The van der Waals surface area contributed by atoms with Crippen molar-refractivity contribution in [1.82, 2.24) is 4.90 Å². The first-order valence-corrected chi connectivity index (χ1v) is 10.0. The number of piperazine rings is 1. The van der Waals surface area contributed by atoms with Gasteiger partial charge in [0.05, 0.1) is 32.7 Å². The number of rotatable bonds is 5. The third kappa shape index (κ3) is 3.37. The van der Waals surface area contributed by atoms with Gasteiger partial charge in [-0.25, -0.2) is 0 Å². The van der Waals surface area contributed by atoms with E-state index in [0.717, 1.165) is 58.4 Å². The van der Waals surface area contributed by atoms with Gasteiger partial charge >= 0.3 is 0 Å². The maximum Gasteiger partial charge on any atom is 0.227 e. The standard InChI is InChI=1S/C21H28N2O3/c24-20(18-16-6-7-17(14-16)19(18)21(25)26)23-12-10-22(11-13-23)9-8-15-4-2-1-3-5-15/h1-5,16-19H,6-14H2,(H,25,26)/t16-,17-,18-,19+/m1/s1. The number of quaternary nitrogens is 1. The van der Waals surface area contributed by atoms with Crippen LogP contribution in [-0.4, -0.2) is 49.5 Å². The van der Waals surface area contributed by atoms with Crippen molar-refractivity contribution in [2.75, 3.05) is 32.7 Å². The van der Waals surface area contributed by atoms with Crippen molar-refractivity contribution in [3.63, 3.8) is 0 Å². The number of carboxylic acids is 1. The van der Waals surface area contributed by atoms with Crippen molar-refractivity contribution >= 4 is 11.9 Å². The summed E-state index contributed by atoms with van der Waals surface area (Å²) < 4.78 is 0. The summed E-state index contributed by atoms with van der Waals surface area (Å²) in [7, 11) is 0. The number of aliphatic carboxylic acids is 1. The molecule has 1 heterocycles. The van der Waals surface area contributed by atoms with Crippen LogP contribution < -0.4 is 10.0 Å². The first-order valence-electron chi connectivity index (χ1n) is 10.0. The number of nitrogens with zero attached hydrogens (tertiary/aromatic N) is 1. The van der Waals surface area contributed by atoms with Gasteiger partial charge in [0.25, 0.3) is 0 Å². The summed E-state index contributed by atoms with van der Waals surface area (Å²) in [6, 6.07) is 10.5. The van der Waals surface area contributed by atoms with E-state index < -0.39 is 11.9 Å². The highest BCUT2D eigenvalue weighted by molar-refractivity contribution is 5.85. The number of hydrogen-bond acceptors (Lipinski definition) is 3. The molecule has 1 aromatic carbocycles. The van der Waals surface area contributed by atoms with Crippen molar-refractivity contribution in [2.24, 2.45) is 23.7 Å². The summed E-state index contributed by atoms with van der Waals surface area (Å²) in [5.41, 5.74) is 1.36. The predicted molar refractivity (Wildman–Crippen MR) is 95.1 cm³/mol. The molecule has 5 heteroatoms. The van der Waals surface area contributed by atoms with E-state index in [2.05, 4.69) is 24.3 Å². The average Bonchev–Trinajstić information content (AvgIpc) is 3.28. The number of carboxylic acid groups (broad SMARTS) is 1. The van der Waals surface area contributed by atoms with E-state index in [4.69, 9.17) is 0 Å². The van der Waals surface area contributed by atoms with Gasteiger partial charge in [0, 0.05) is 24.2 Å². The van der Waals surface area contributed by atoms with Crippen LogP contribution in [0.25, 0.3) is 0 Å². The first-order chi connectivity index (χ1) is 12.6. The summed E-state index contributed by atoms with van der Waals surface area (Å²) in [5.74, 6) is -1.39. The van der Waals surface area contributed by atoms with Crippen LogP contribution in [0, 0.1) is 23.7 Å². The van der Waals surface area contributed by atoms with E-state index >= 15 is 0 Å². The second-order valence-corrected chi connectivity index (χ2v) is 8.26. The molecule has 1 saturated heterocycles. The molecule has 1 aliphatic heterocycles. The molecule has 0 aromatic heterocycles. The molecule has 5 nitrogen and oxygen atoms in total. The lowest BCUT2D eigenvalue weighted by molar-refractivity contribution is -0.903. The Balaban J connectivity index is 1.30. The van der Waals surface area contributed by atoms with Gasteiger partial charge in [-0.2, -0.15) is 0 Å². The molecule has 140 valence electrons. The minimum absolute atomic E-state index is 0.0773. The normalized spacial score (nSPS) is 31.3. The molecule has 2 saturated carbocycles. The van der Waals surface area contributed by atoms with Crippen LogP contribution in [0.2, 0.25) is 0 Å². The van der Waals surface area contributed by atoms with Gasteiger partial charge in [0.2, 0.25) is 5.91 Å². The minimum Gasteiger partial charge on any atom is -0.550 e. The number of fused-ring (bicyclic) bond motifs is 2. The molecule has 1 amide bonds. The Morgan fingerprint density at radius 1 is 1.04 bits per heavy atom. The van der Waals surface area contributed by atoms with Crippen LogP contribution in [0.1, 0.15) is 24.8 Å². The van der Waals surface area contributed by atoms with Crippen LogP contribution in [0.3, 0.4) is 0 Å². The lowest BCUT2D eigenvalue weighted by Crippen LogP contribution is -3.15. The van der Waals surface area contributed by atoms with Crippen LogP contribution >= 0.6 is 0 Å². The molecule has 0 radical (unpaired) electrons. The quantitative estimate of drug-likeness (QED) is 0.764. The maximum absolute atomic E-state index is 13.0. The Labute approximate surface area is 155 Å². The molecule has 2 aliphatic carbocycles. The lowest BCUT2D eigenvalue weighted by Gasteiger charge is -2.38. The summed E-state index contributed by atoms with van der Waals surface area (Å²) in [6.45, 7) is 4.49. The van der Waals surface area contributed by atoms with Gasteiger partial charge in [-0.15, -0.1) is 0 Å². The number of hydrogen-bond donors (Lipinski definition) is 1. The van der Waals surface area contributed by atoms with Crippen molar-refractivity contribution in [2.45, 2.75) is 25.7 Å². The average molecular weight is 356 g/mol. The fraction of sp³-hybridized carbons (Fsp3) is 0.619. The predicted octanol–water partition coefficient (Wildman–Crippen LogP) is -0.632. The van der Waals surface area contributed by atoms with E-state index in [1.807, 2.05) is 11.0 Å². The molecule has 0 unspecified atom stereocenters. The number of carbonyl (C=O) groups excluding carboxylic acids is 2. The second-order valence-electron chi connectivity index (χ2n) is 8.26. The molecule has 1 aromatic rings. The Kier molecular flexibility index (Phi) is 4.98. The third-order valence-corrected chi connectivity index (χ3v) is 6.87. The van der Waals surface area contributed by atoms with Crippen molar-refractivity contribution in [3.05, 3.63) is 35.9 Å². The Morgan fingerprint density at radius 3 is 2.35 bits per heavy atom. The molecule has 4 rings (SSSR count). The summed E-state index contributed by atoms with van der Waals surface area (Å²) >= 11 is 0. The van der Waals surface area contributed by atoms with E-state index in [0.29, 0.717) is 0 Å². The zero-order valence-electron chi connectivity index (χ0n) is 15.2. The monoisotopic (exact) mass is 356 g/mol. The van der Waals surface area contributed by atoms with Gasteiger partial charge in [0.15, 0.2) is 0 Å². The topological polar surface area (TPSA) is 64.9 Å². The highest BCUT2D eigenvalue weighted by Crippen LogP contribution is 2.52.